The fraction of sp³-hybridized carbons (Fsp3) is 0.571. The minimum Gasteiger partial charge on any atom is -0.497 e. The molecule has 4 nitrogen and oxygen atoms in total. The Morgan fingerprint density at radius 1 is 1.33 bits per heavy atom. The molecule has 1 aromatic carbocycles. The van der Waals surface area contributed by atoms with E-state index in [0.29, 0.717) is 0 Å². The summed E-state index contributed by atoms with van der Waals surface area (Å²) in [6.07, 6.45) is 3.27. The third-order valence-corrected chi connectivity index (χ3v) is 3.76. The van der Waals surface area contributed by atoms with Crippen LogP contribution in [0.4, 0.5) is 0 Å². The molecule has 3 atom stereocenters. The highest BCUT2D eigenvalue weighted by Gasteiger charge is 2.34. The summed E-state index contributed by atoms with van der Waals surface area (Å²) in [4.78, 5) is 0. The van der Waals surface area contributed by atoms with Crippen molar-refractivity contribution in [3.63, 3.8) is 0 Å². The van der Waals surface area contributed by atoms with Gasteiger partial charge in [-0.25, -0.2) is 0 Å². The fourth-order valence-electron chi connectivity index (χ4n) is 2.76. The van der Waals surface area contributed by atoms with Crippen LogP contribution in [0.15, 0.2) is 18.2 Å². The highest BCUT2D eigenvalue weighted by molar-refractivity contribution is 5.43. The topological polar surface area (TPSA) is 53.7 Å². The monoisotopic (exact) mass is 249 g/mol. The van der Waals surface area contributed by atoms with Crippen LogP contribution in [0, 0.1) is 0 Å². The average molecular weight is 249 g/mol. The molecule has 3 rings (SSSR count). The van der Waals surface area contributed by atoms with Gasteiger partial charge in [0.05, 0.1) is 13.2 Å². The second-order valence-corrected chi connectivity index (χ2v) is 4.95. The number of ether oxygens (including phenoxy) is 3. The van der Waals surface area contributed by atoms with E-state index in [1.807, 2.05) is 18.2 Å². The molecule has 1 aromatic rings. The number of methoxy groups -OCH3 is 1. The van der Waals surface area contributed by atoms with Crippen molar-refractivity contribution in [2.75, 3.05) is 13.7 Å². The third kappa shape index (κ3) is 2.06. The zero-order chi connectivity index (χ0) is 12.5. The van der Waals surface area contributed by atoms with E-state index in [-0.39, 0.29) is 18.2 Å². The van der Waals surface area contributed by atoms with E-state index in [1.165, 1.54) is 0 Å². The zero-order valence-corrected chi connectivity index (χ0v) is 10.6. The second-order valence-electron chi connectivity index (χ2n) is 4.95. The highest BCUT2D eigenvalue weighted by Crippen LogP contribution is 2.38. The maximum atomic E-state index is 6.22. The van der Waals surface area contributed by atoms with Gasteiger partial charge in [-0.05, 0) is 18.9 Å². The molecule has 4 heteroatoms. The van der Waals surface area contributed by atoms with Gasteiger partial charge in [-0.15, -0.1) is 0 Å². The first-order chi connectivity index (χ1) is 8.78. The molecule has 2 N–H and O–H groups in total. The number of fused-ring (bicyclic) bond motifs is 1. The summed E-state index contributed by atoms with van der Waals surface area (Å²) in [6.45, 7) is 0.838. The van der Waals surface area contributed by atoms with Gasteiger partial charge in [0.1, 0.15) is 17.6 Å². The van der Waals surface area contributed by atoms with Crippen molar-refractivity contribution < 1.29 is 14.2 Å². The molecule has 2 aliphatic rings. The predicted molar refractivity (Wildman–Crippen MR) is 67.9 cm³/mol. The first kappa shape index (κ1) is 11.8. The molecule has 3 unspecified atom stereocenters. The van der Waals surface area contributed by atoms with E-state index < -0.39 is 0 Å². The highest BCUT2D eigenvalue weighted by atomic mass is 16.5. The van der Waals surface area contributed by atoms with Crippen LogP contribution in [0.1, 0.15) is 30.9 Å². The van der Waals surface area contributed by atoms with E-state index in [2.05, 4.69) is 0 Å². The minimum absolute atomic E-state index is 0.0221. The summed E-state index contributed by atoms with van der Waals surface area (Å²) in [6, 6.07) is 5.85. The molecule has 98 valence electrons. The SMILES string of the molecule is COc1ccc2c(c1)OC(C1CCCO1)CC2N. The van der Waals surface area contributed by atoms with Crippen molar-refractivity contribution in [3.05, 3.63) is 23.8 Å². The molecule has 0 bridgehead atoms. The molecule has 1 fully saturated rings. The van der Waals surface area contributed by atoms with Crippen LogP contribution < -0.4 is 15.2 Å². The van der Waals surface area contributed by atoms with Crippen LogP contribution in [-0.2, 0) is 4.74 Å². The van der Waals surface area contributed by atoms with Gasteiger partial charge in [0.25, 0.3) is 0 Å². The van der Waals surface area contributed by atoms with Crippen LogP contribution in [0.2, 0.25) is 0 Å². The third-order valence-electron chi connectivity index (χ3n) is 3.76. The molecule has 2 heterocycles. The Kier molecular flexibility index (Phi) is 3.14. The Balaban J connectivity index is 1.85. The largest absolute Gasteiger partial charge is 0.497 e. The van der Waals surface area contributed by atoms with E-state index in [9.17, 15) is 0 Å². The Morgan fingerprint density at radius 3 is 2.94 bits per heavy atom. The summed E-state index contributed by atoms with van der Waals surface area (Å²) in [5, 5.41) is 0. The van der Waals surface area contributed by atoms with Gasteiger partial charge in [-0.2, -0.15) is 0 Å². The lowest BCUT2D eigenvalue weighted by Crippen LogP contribution is -2.38. The van der Waals surface area contributed by atoms with Crippen molar-refractivity contribution in [3.8, 4) is 11.5 Å². The van der Waals surface area contributed by atoms with Gasteiger partial charge in [0.2, 0.25) is 0 Å². The van der Waals surface area contributed by atoms with Gasteiger partial charge in [0, 0.05) is 30.7 Å². The van der Waals surface area contributed by atoms with E-state index in [1.54, 1.807) is 7.11 Å². The molecule has 0 radical (unpaired) electrons. The van der Waals surface area contributed by atoms with Crippen LogP contribution in [0.3, 0.4) is 0 Å². The van der Waals surface area contributed by atoms with Crippen molar-refractivity contribution in [2.24, 2.45) is 5.73 Å². The number of hydrogen-bond donors (Lipinski definition) is 1. The Morgan fingerprint density at radius 2 is 2.22 bits per heavy atom. The standard InChI is InChI=1S/C14H19NO3/c1-16-9-4-5-10-11(15)8-14(18-13(10)7-9)12-3-2-6-17-12/h4-5,7,11-12,14H,2-3,6,8,15H2,1H3. The first-order valence-corrected chi connectivity index (χ1v) is 6.49. The van der Waals surface area contributed by atoms with Gasteiger partial charge in [-0.3, -0.25) is 0 Å². The van der Waals surface area contributed by atoms with Gasteiger partial charge in [-0.1, -0.05) is 6.07 Å². The lowest BCUT2D eigenvalue weighted by Gasteiger charge is -2.33. The lowest BCUT2D eigenvalue weighted by atomic mass is 9.94. The molecular weight excluding hydrogens is 230 g/mol. The van der Waals surface area contributed by atoms with E-state index in [0.717, 1.165) is 42.9 Å². The number of rotatable bonds is 2. The second kappa shape index (κ2) is 4.78. The van der Waals surface area contributed by atoms with Crippen LogP contribution in [-0.4, -0.2) is 25.9 Å². The molecule has 2 aliphatic heterocycles. The summed E-state index contributed by atoms with van der Waals surface area (Å²) >= 11 is 0. The molecular formula is C14H19NO3. The summed E-state index contributed by atoms with van der Waals surface area (Å²) in [7, 11) is 1.65. The molecule has 0 aliphatic carbocycles. The zero-order valence-electron chi connectivity index (χ0n) is 10.6. The van der Waals surface area contributed by atoms with Crippen molar-refractivity contribution >= 4 is 0 Å². The van der Waals surface area contributed by atoms with E-state index >= 15 is 0 Å². The quantitative estimate of drug-likeness (QED) is 0.871. The molecule has 0 amide bonds. The minimum atomic E-state index is 0.0221. The van der Waals surface area contributed by atoms with Gasteiger partial charge >= 0.3 is 0 Å². The summed E-state index contributed by atoms with van der Waals surface area (Å²) in [5.41, 5.74) is 7.28. The Hall–Kier alpha value is -1.26. The first-order valence-electron chi connectivity index (χ1n) is 6.49. The van der Waals surface area contributed by atoms with Crippen LogP contribution in [0.25, 0.3) is 0 Å². The number of benzene rings is 1. The average Bonchev–Trinajstić information content (AvgIpc) is 2.91. The fourth-order valence-corrected chi connectivity index (χ4v) is 2.76. The number of nitrogens with two attached hydrogens (primary N) is 1. The maximum Gasteiger partial charge on any atom is 0.128 e. The predicted octanol–water partition coefficient (Wildman–Crippen LogP) is 2.03. The summed E-state index contributed by atoms with van der Waals surface area (Å²) < 4.78 is 17.0. The Bertz CT molecular complexity index is 429. The molecule has 0 saturated carbocycles. The van der Waals surface area contributed by atoms with Crippen LogP contribution >= 0.6 is 0 Å². The maximum absolute atomic E-state index is 6.22. The van der Waals surface area contributed by atoms with Gasteiger partial charge in [0.15, 0.2) is 0 Å². The molecule has 0 spiro atoms. The Labute approximate surface area is 107 Å². The van der Waals surface area contributed by atoms with Gasteiger partial charge < -0.3 is 19.9 Å². The number of hydrogen-bond acceptors (Lipinski definition) is 4. The van der Waals surface area contributed by atoms with Crippen molar-refractivity contribution in [2.45, 2.75) is 37.5 Å². The summed E-state index contributed by atoms with van der Waals surface area (Å²) in [5.74, 6) is 1.64. The lowest BCUT2D eigenvalue weighted by molar-refractivity contribution is -0.00205. The molecule has 18 heavy (non-hydrogen) atoms. The molecule has 1 saturated heterocycles. The van der Waals surface area contributed by atoms with Crippen molar-refractivity contribution in [1.82, 2.24) is 0 Å². The van der Waals surface area contributed by atoms with Crippen molar-refractivity contribution in [1.29, 1.82) is 0 Å². The van der Waals surface area contributed by atoms with Crippen LogP contribution in [0.5, 0.6) is 11.5 Å². The smallest absolute Gasteiger partial charge is 0.128 e. The van der Waals surface area contributed by atoms with E-state index in [4.69, 9.17) is 19.9 Å². The normalized spacial score (nSPS) is 30.7. The molecule has 0 aromatic heterocycles.